The maximum absolute atomic E-state index is 9.79. The summed E-state index contributed by atoms with van der Waals surface area (Å²) in [6.07, 6.45) is 4.53. The SMILES string of the molecule is OCCC(c1ccccc1O)C1CCC1. The van der Waals surface area contributed by atoms with Gasteiger partial charge in [-0.1, -0.05) is 24.6 Å². The van der Waals surface area contributed by atoms with Gasteiger partial charge < -0.3 is 10.2 Å². The predicted molar refractivity (Wildman–Crippen MR) is 59.9 cm³/mol. The Labute approximate surface area is 90.6 Å². The van der Waals surface area contributed by atoms with E-state index < -0.39 is 0 Å². The highest BCUT2D eigenvalue weighted by Gasteiger charge is 2.29. The number of rotatable bonds is 4. The van der Waals surface area contributed by atoms with Gasteiger partial charge in [-0.2, -0.15) is 0 Å². The molecule has 82 valence electrons. The van der Waals surface area contributed by atoms with Crippen LogP contribution in [0.25, 0.3) is 0 Å². The second-order valence-electron chi connectivity index (χ2n) is 4.37. The Bertz CT molecular complexity index is 318. The van der Waals surface area contributed by atoms with Gasteiger partial charge in [0.25, 0.3) is 0 Å². The number of phenolic OH excluding ortho intramolecular Hbond substituents is 1. The summed E-state index contributed by atoms with van der Waals surface area (Å²) < 4.78 is 0. The molecule has 2 heteroatoms. The molecule has 1 aromatic carbocycles. The van der Waals surface area contributed by atoms with E-state index in [0.29, 0.717) is 17.6 Å². The normalized spacial score (nSPS) is 18.5. The van der Waals surface area contributed by atoms with Crippen LogP contribution in [0.15, 0.2) is 24.3 Å². The largest absolute Gasteiger partial charge is 0.508 e. The van der Waals surface area contributed by atoms with E-state index in [1.165, 1.54) is 19.3 Å². The van der Waals surface area contributed by atoms with Gasteiger partial charge in [-0.05, 0) is 42.7 Å². The van der Waals surface area contributed by atoms with Crippen LogP contribution in [0.1, 0.15) is 37.2 Å². The lowest BCUT2D eigenvalue weighted by atomic mass is 9.71. The molecule has 0 saturated heterocycles. The number of phenols is 1. The minimum absolute atomic E-state index is 0.204. The first-order chi connectivity index (χ1) is 7.33. The predicted octanol–water partition coefficient (Wildman–Crippen LogP) is 2.66. The highest BCUT2D eigenvalue weighted by molar-refractivity contribution is 5.35. The van der Waals surface area contributed by atoms with E-state index >= 15 is 0 Å². The van der Waals surface area contributed by atoms with E-state index in [-0.39, 0.29) is 6.61 Å². The molecule has 1 fully saturated rings. The summed E-state index contributed by atoms with van der Waals surface area (Å²) in [4.78, 5) is 0. The number of aliphatic hydroxyl groups excluding tert-OH is 1. The van der Waals surface area contributed by atoms with Gasteiger partial charge in [-0.15, -0.1) is 0 Å². The summed E-state index contributed by atoms with van der Waals surface area (Å²) in [7, 11) is 0. The third-order valence-corrected chi connectivity index (χ3v) is 3.50. The van der Waals surface area contributed by atoms with Crippen LogP contribution in [-0.2, 0) is 0 Å². The third kappa shape index (κ3) is 2.15. The molecule has 0 heterocycles. The summed E-state index contributed by atoms with van der Waals surface area (Å²) in [5.41, 5.74) is 1.01. The van der Waals surface area contributed by atoms with Crippen molar-refractivity contribution in [3.05, 3.63) is 29.8 Å². The van der Waals surface area contributed by atoms with Crippen molar-refractivity contribution in [3.63, 3.8) is 0 Å². The van der Waals surface area contributed by atoms with E-state index in [4.69, 9.17) is 5.11 Å². The molecule has 1 atom stereocenters. The fraction of sp³-hybridized carbons (Fsp3) is 0.538. The quantitative estimate of drug-likeness (QED) is 0.795. The van der Waals surface area contributed by atoms with E-state index in [9.17, 15) is 5.11 Å². The van der Waals surface area contributed by atoms with E-state index in [1.54, 1.807) is 6.07 Å². The minimum Gasteiger partial charge on any atom is -0.508 e. The molecule has 15 heavy (non-hydrogen) atoms. The fourth-order valence-electron chi connectivity index (χ4n) is 2.43. The number of hydrogen-bond acceptors (Lipinski definition) is 2. The standard InChI is InChI=1S/C13H18O2/c14-9-8-11(10-4-3-5-10)12-6-1-2-7-13(12)15/h1-2,6-7,10-11,14-15H,3-5,8-9H2. The van der Waals surface area contributed by atoms with Gasteiger partial charge in [0.1, 0.15) is 5.75 Å². The average molecular weight is 206 g/mol. The molecule has 0 aliphatic heterocycles. The van der Waals surface area contributed by atoms with Gasteiger partial charge in [0.15, 0.2) is 0 Å². The van der Waals surface area contributed by atoms with Gasteiger partial charge in [-0.25, -0.2) is 0 Å². The lowest BCUT2D eigenvalue weighted by molar-refractivity contribution is 0.204. The number of aromatic hydroxyl groups is 1. The van der Waals surface area contributed by atoms with Crippen molar-refractivity contribution < 1.29 is 10.2 Å². The zero-order valence-electron chi connectivity index (χ0n) is 8.89. The van der Waals surface area contributed by atoms with Crippen LogP contribution < -0.4 is 0 Å². The first-order valence-corrected chi connectivity index (χ1v) is 5.71. The third-order valence-electron chi connectivity index (χ3n) is 3.50. The fourth-order valence-corrected chi connectivity index (χ4v) is 2.43. The molecule has 0 amide bonds. The van der Waals surface area contributed by atoms with Crippen molar-refractivity contribution in [1.29, 1.82) is 0 Å². The van der Waals surface area contributed by atoms with E-state index in [2.05, 4.69) is 0 Å². The summed E-state index contributed by atoms with van der Waals surface area (Å²) in [6.45, 7) is 0.204. The first-order valence-electron chi connectivity index (χ1n) is 5.71. The van der Waals surface area contributed by atoms with Crippen LogP contribution in [0.2, 0.25) is 0 Å². The highest BCUT2D eigenvalue weighted by atomic mass is 16.3. The Hall–Kier alpha value is -1.02. The smallest absolute Gasteiger partial charge is 0.119 e. The molecule has 1 aromatic rings. The number of aliphatic hydroxyl groups is 1. The number of para-hydroxylation sites is 1. The van der Waals surface area contributed by atoms with Crippen LogP contribution in [0, 0.1) is 5.92 Å². The number of benzene rings is 1. The summed E-state index contributed by atoms with van der Waals surface area (Å²) in [6, 6.07) is 7.51. The van der Waals surface area contributed by atoms with Crippen molar-refractivity contribution in [2.24, 2.45) is 5.92 Å². The first kappa shape index (κ1) is 10.5. The molecular formula is C13H18O2. The van der Waals surface area contributed by atoms with Crippen LogP contribution in [0.5, 0.6) is 5.75 Å². The van der Waals surface area contributed by atoms with Gasteiger partial charge in [0, 0.05) is 6.61 Å². The van der Waals surface area contributed by atoms with Crippen LogP contribution in [0.4, 0.5) is 0 Å². The maximum atomic E-state index is 9.79. The lowest BCUT2D eigenvalue weighted by Crippen LogP contribution is -2.21. The van der Waals surface area contributed by atoms with Gasteiger partial charge >= 0.3 is 0 Å². The van der Waals surface area contributed by atoms with E-state index in [0.717, 1.165) is 12.0 Å². The van der Waals surface area contributed by atoms with Gasteiger partial charge in [-0.3, -0.25) is 0 Å². The van der Waals surface area contributed by atoms with Crippen molar-refractivity contribution in [3.8, 4) is 5.75 Å². The maximum Gasteiger partial charge on any atom is 0.119 e. The van der Waals surface area contributed by atoms with Gasteiger partial charge in [0.05, 0.1) is 0 Å². The summed E-state index contributed by atoms with van der Waals surface area (Å²) in [5.74, 6) is 1.37. The Morgan fingerprint density at radius 3 is 2.53 bits per heavy atom. The molecule has 2 N–H and O–H groups in total. The molecule has 1 saturated carbocycles. The van der Waals surface area contributed by atoms with E-state index in [1.807, 2.05) is 18.2 Å². The van der Waals surface area contributed by atoms with Crippen molar-refractivity contribution in [2.45, 2.75) is 31.6 Å². The second kappa shape index (κ2) is 4.67. The average Bonchev–Trinajstić information content (AvgIpc) is 2.15. The monoisotopic (exact) mass is 206 g/mol. The number of hydrogen-bond donors (Lipinski definition) is 2. The molecule has 1 aliphatic rings. The van der Waals surface area contributed by atoms with Gasteiger partial charge in [0.2, 0.25) is 0 Å². The molecular weight excluding hydrogens is 188 g/mol. The molecule has 1 unspecified atom stereocenters. The van der Waals surface area contributed by atoms with Crippen LogP contribution in [0.3, 0.4) is 0 Å². The lowest BCUT2D eigenvalue weighted by Gasteiger charge is -2.34. The molecule has 2 nitrogen and oxygen atoms in total. The Morgan fingerprint density at radius 1 is 1.27 bits per heavy atom. The zero-order chi connectivity index (χ0) is 10.7. The van der Waals surface area contributed by atoms with Crippen molar-refractivity contribution in [2.75, 3.05) is 6.61 Å². The molecule has 1 aliphatic carbocycles. The van der Waals surface area contributed by atoms with Crippen LogP contribution >= 0.6 is 0 Å². The van der Waals surface area contributed by atoms with Crippen LogP contribution in [-0.4, -0.2) is 16.8 Å². The molecule has 0 radical (unpaired) electrons. The molecule has 0 spiro atoms. The molecule has 0 bridgehead atoms. The Balaban J connectivity index is 2.19. The summed E-state index contributed by atoms with van der Waals surface area (Å²) in [5, 5.41) is 18.9. The molecule has 2 rings (SSSR count). The van der Waals surface area contributed by atoms with Crippen molar-refractivity contribution >= 4 is 0 Å². The minimum atomic E-state index is 0.204. The molecule has 0 aromatic heterocycles. The Morgan fingerprint density at radius 2 is 2.00 bits per heavy atom. The summed E-state index contributed by atoms with van der Waals surface area (Å²) >= 11 is 0. The highest BCUT2D eigenvalue weighted by Crippen LogP contribution is 2.43. The van der Waals surface area contributed by atoms with Crippen molar-refractivity contribution in [1.82, 2.24) is 0 Å². The topological polar surface area (TPSA) is 40.5 Å². The Kier molecular flexibility index (Phi) is 3.27. The second-order valence-corrected chi connectivity index (χ2v) is 4.37. The zero-order valence-corrected chi connectivity index (χ0v) is 8.89.